The van der Waals surface area contributed by atoms with E-state index in [1.165, 1.54) is 16.7 Å². The first-order chi connectivity index (χ1) is 7.68. The molecule has 2 aromatic rings. The molecule has 0 aliphatic carbocycles. The van der Waals surface area contributed by atoms with E-state index in [0.29, 0.717) is 5.92 Å². The van der Waals surface area contributed by atoms with Crippen LogP contribution in [0.3, 0.4) is 0 Å². The van der Waals surface area contributed by atoms with Gasteiger partial charge < -0.3 is 5.73 Å². The summed E-state index contributed by atoms with van der Waals surface area (Å²) >= 11 is 1.69. The first-order valence-electron chi connectivity index (χ1n) is 5.56. The highest BCUT2D eigenvalue weighted by molar-refractivity contribution is 7.08. The Morgan fingerprint density at radius 1 is 0.941 bits per heavy atom. The van der Waals surface area contributed by atoms with Crippen LogP contribution in [0.25, 0.3) is 0 Å². The molecular formula is C14H18ClNS. The average Bonchev–Trinajstić information content (AvgIpc) is 2.81. The molecule has 0 radical (unpaired) electrons. The van der Waals surface area contributed by atoms with Gasteiger partial charge in [0.25, 0.3) is 0 Å². The molecule has 1 aromatic heterocycles. The third kappa shape index (κ3) is 3.32. The summed E-state index contributed by atoms with van der Waals surface area (Å²) in [7, 11) is 0. The quantitative estimate of drug-likeness (QED) is 0.880. The molecule has 1 aromatic carbocycles. The summed E-state index contributed by atoms with van der Waals surface area (Å²) in [6.45, 7) is 4.40. The zero-order chi connectivity index (χ0) is 11.5. The molecule has 0 amide bonds. The van der Waals surface area contributed by atoms with Gasteiger partial charge in [0, 0.05) is 0 Å². The fourth-order valence-electron chi connectivity index (χ4n) is 1.73. The number of halogens is 1. The Morgan fingerprint density at radius 2 is 1.53 bits per heavy atom. The van der Waals surface area contributed by atoms with Gasteiger partial charge in [0.05, 0.1) is 6.04 Å². The van der Waals surface area contributed by atoms with Gasteiger partial charge >= 0.3 is 0 Å². The van der Waals surface area contributed by atoms with Gasteiger partial charge in [-0.3, -0.25) is 0 Å². The normalized spacial score (nSPS) is 12.2. The predicted octanol–water partition coefficient (Wildman–Crippen LogP) is 4.34. The molecule has 0 saturated carbocycles. The summed E-state index contributed by atoms with van der Waals surface area (Å²) < 4.78 is 0. The molecule has 0 bridgehead atoms. The largest absolute Gasteiger partial charge is 0.320 e. The lowest BCUT2D eigenvalue weighted by molar-refractivity contribution is 0.849. The first kappa shape index (κ1) is 14.2. The van der Waals surface area contributed by atoms with Crippen molar-refractivity contribution < 1.29 is 0 Å². The van der Waals surface area contributed by atoms with Crippen LogP contribution in [-0.2, 0) is 0 Å². The number of nitrogens with two attached hydrogens (primary N) is 1. The van der Waals surface area contributed by atoms with E-state index in [0.717, 1.165) is 0 Å². The SMILES string of the molecule is CC(C)c1ccc([C@@H](N)c2ccsc2)cc1.Cl. The summed E-state index contributed by atoms with van der Waals surface area (Å²) in [5.41, 5.74) is 9.94. The average molecular weight is 268 g/mol. The van der Waals surface area contributed by atoms with Crippen LogP contribution < -0.4 is 5.73 Å². The monoisotopic (exact) mass is 267 g/mol. The Kier molecular flexibility index (Phi) is 5.19. The minimum absolute atomic E-state index is 0. The molecule has 0 aliphatic rings. The van der Waals surface area contributed by atoms with Gasteiger partial charge in [-0.25, -0.2) is 0 Å². The van der Waals surface area contributed by atoms with Gasteiger partial charge in [-0.2, -0.15) is 11.3 Å². The third-order valence-electron chi connectivity index (χ3n) is 2.86. The second-order valence-corrected chi connectivity index (χ2v) is 5.14. The van der Waals surface area contributed by atoms with Crippen LogP contribution in [0.2, 0.25) is 0 Å². The minimum Gasteiger partial charge on any atom is -0.320 e. The molecule has 0 fully saturated rings. The summed E-state index contributed by atoms with van der Waals surface area (Å²) in [4.78, 5) is 0. The van der Waals surface area contributed by atoms with Gasteiger partial charge in [-0.1, -0.05) is 38.1 Å². The molecule has 1 heterocycles. The molecule has 2 rings (SSSR count). The van der Waals surface area contributed by atoms with Crippen LogP contribution in [0.1, 0.15) is 42.5 Å². The molecule has 1 nitrogen and oxygen atoms in total. The van der Waals surface area contributed by atoms with Crippen LogP contribution in [-0.4, -0.2) is 0 Å². The maximum Gasteiger partial charge on any atom is 0.0559 e. The van der Waals surface area contributed by atoms with E-state index in [9.17, 15) is 0 Å². The molecule has 0 spiro atoms. The van der Waals surface area contributed by atoms with E-state index in [4.69, 9.17) is 5.73 Å². The highest BCUT2D eigenvalue weighted by Gasteiger charge is 2.09. The number of thiophene rings is 1. The number of benzene rings is 1. The predicted molar refractivity (Wildman–Crippen MR) is 78.1 cm³/mol. The van der Waals surface area contributed by atoms with Crippen LogP contribution in [0, 0.1) is 0 Å². The minimum atomic E-state index is 0. The molecular weight excluding hydrogens is 250 g/mol. The first-order valence-corrected chi connectivity index (χ1v) is 6.50. The number of rotatable bonds is 3. The lowest BCUT2D eigenvalue weighted by Gasteiger charge is -2.12. The summed E-state index contributed by atoms with van der Waals surface area (Å²) in [6, 6.07) is 10.7. The van der Waals surface area contributed by atoms with E-state index < -0.39 is 0 Å². The Morgan fingerprint density at radius 3 is 2.00 bits per heavy atom. The lowest BCUT2D eigenvalue weighted by atomic mass is 9.97. The fourth-order valence-corrected chi connectivity index (χ4v) is 2.43. The molecule has 17 heavy (non-hydrogen) atoms. The Labute approximate surface area is 113 Å². The zero-order valence-corrected chi connectivity index (χ0v) is 11.7. The van der Waals surface area contributed by atoms with Crippen molar-refractivity contribution in [3.05, 3.63) is 57.8 Å². The molecule has 2 N–H and O–H groups in total. The highest BCUT2D eigenvalue weighted by Crippen LogP contribution is 2.23. The van der Waals surface area contributed by atoms with Crippen LogP contribution in [0.5, 0.6) is 0 Å². The summed E-state index contributed by atoms with van der Waals surface area (Å²) in [5.74, 6) is 0.575. The highest BCUT2D eigenvalue weighted by atomic mass is 35.5. The summed E-state index contributed by atoms with van der Waals surface area (Å²) in [6.07, 6.45) is 0. The maximum atomic E-state index is 6.19. The molecule has 92 valence electrons. The van der Waals surface area contributed by atoms with Crippen molar-refractivity contribution in [3.63, 3.8) is 0 Å². The third-order valence-corrected chi connectivity index (χ3v) is 3.57. The van der Waals surface area contributed by atoms with Crippen molar-refractivity contribution in [2.24, 2.45) is 5.73 Å². The van der Waals surface area contributed by atoms with E-state index in [-0.39, 0.29) is 18.4 Å². The van der Waals surface area contributed by atoms with E-state index in [1.54, 1.807) is 11.3 Å². The Balaban J connectivity index is 0.00000144. The second kappa shape index (κ2) is 6.20. The maximum absolute atomic E-state index is 6.19. The zero-order valence-electron chi connectivity index (χ0n) is 10.1. The Hall–Kier alpha value is -0.830. The molecule has 0 aliphatic heterocycles. The number of hydrogen-bond donors (Lipinski definition) is 1. The van der Waals surface area contributed by atoms with Crippen LogP contribution in [0.4, 0.5) is 0 Å². The van der Waals surface area contributed by atoms with Crippen molar-refractivity contribution in [1.82, 2.24) is 0 Å². The van der Waals surface area contributed by atoms with Gasteiger partial charge in [-0.05, 0) is 39.4 Å². The summed E-state index contributed by atoms with van der Waals surface area (Å²) in [5, 5.41) is 4.18. The van der Waals surface area contributed by atoms with E-state index in [2.05, 4.69) is 54.9 Å². The smallest absolute Gasteiger partial charge is 0.0559 e. The number of hydrogen-bond acceptors (Lipinski definition) is 2. The molecule has 0 unspecified atom stereocenters. The van der Waals surface area contributed by atoms with Crippen molar-refractivity contribution in [3.8, 4) is 0 Å². The Bertz CT molecular complexity index is 434. The van der Waals surface area contributed by atoms with Crippen molar-refractivity contribution in [2.75, 3.05) is 0 Å². The topological polar surface area (TPSA) is 26.0 Å². The van der Waals surface area contributed by atoms with Crippen LogP contribution in [0.15, 0.2) is 41.1 Å². The van der Waals surface area contributed by atoms with Crippen molar-refractivity contribution >= 4 is 23.7 Å². The molecule has 3 heteroatoms. The van der Waals surface area contributed by atoms with E-state index >= 15 is 0 Å². The van der Waals surface area contributed by atoms with Gasteiger partial charge in [0.2, 0.25) is 0 Å². The van der Waals surface area contributed by atoms with Crippen molar-refractivity contribution in [2.45, 2.75) is 25.8 Å². The van der Waals surface area contributed by atoms with Crippen LogP contribution >= 0.6 is 23.7 Å². The standard InChI is InChI=1S/C14H17NS.ClH/c1-10(2)11-3-5-12(6-4-11)14(15)13-7-8-16-9-13;/h3-10,14H,15H2,1-2H3;1H/t14-;/m1./s1. The molecule has 0 saturated heterocycles. The fraction of sp³-hybridized carbons (Fsp3) is 0.286. The van der Waals surface area contributed by atoms with Crippen molar-refractivity contribution in [1.29, 1.82) is 0 Å². The van der Waals surface area contributed by atoms with Gasteiger partial charge in [-0.15, -0.1) is 12.4 Å². The van der Waals surface area contributed by atoms with E-state index in [1.807, 2.05) is 0 Å². The molecule has 1 atom stereocenters. The second-order valence-electron chi connectivity index (χ2n) is 4.36. The van der Waals surface area contributed by atoms with Gasteiger partial charge in [0.15, 0.2) is 0 Å². The van der Waals surface area contributed by atoms with Gasteiger partial charge in [0.1, 0.15) is 0 Å². The lowest BCUT2D eigenvalue weighted by Crippen LogP contribution is -2.10.